The van der Waals surface area contributed by atoms with E-state index >= 15 is 0 Å². The molecule has 70 valence electrons. The Morgan fingerprint density at radius 1 is 1.67 bits per heavy atom. The number of hydrogen-bond donors (Lipinski definition) is 2. The first kappa shape index (κ1) is 9.48. The lowest BCUT2D eigenvalue weighted by Crippen LogP contribution is -2.46. The molecule has 0 unspecified atom stereocenters. The Labute approximate surface area is 72.6 Å². The van der Waals surface area contributed by atoms with Crippen LogP contribution in [-0.4, -0.2) is 25.1 Å². The van der Waals surface area contributed by atoms with Crippen LogP contribution in [0.25, 0.3) is 0 Å². The van der Waals surface area contributed by atoms with Crippen molar-refractivity contribution in [1.82, 2.24) is 10.8 Å². The fourth-order valence-electron chi connectivity index (χ4n) is 1.29. The lowest BCUT2D eigenvalue weighted by molar-refractivity contribution is -0.135. The van der Waals surface area contributed by atoms with E-state index in [-0.39, 0.29) is 11.9 Å². The number of piperidine rings is 1. The van der Waals surface area contributed by atoms with Crippen LogP contribution in [0.2, 0.25) is 0 Å². The molecule has 1 atom stereocenters. The molecule has 12 heavy (non-hydrogen) atoms. The number of amides is 1. The molecule has 0 saturated carbocycles. The summed E-state index contributed by atoms with van der Waals surface area (Å²) in [5.74, 6) is -0.0449. The Kier molecular flexibility index (Phi) is 4.04. The summed E-state index contributed by atoms with van der Waals surface area (Å²) in [6.45, 7) is 3.29. The maximum absolute atomic E-state index is 11.3. The van der Waals surface area contributed by atoms with Crippen molar-refractivity contribution < 1.29 is 9.63 Å². The minimum Gasteiger partial charge on any atom is -0.306 e. The first-order chi connectivity index (χ1) is 5.84. The summed E-state index contributed by atoms with van der Waals surface area (Å²) < 4.78 is 0. The number of carbonyl (C=O) groups is 1. The quantitative estimate of drug-likeness (QED) is 0.598. The maximum atomic E-state index is 11.3. The standard InChI is InChI=1S/C8H16N2O2/c1-2-12-10-8(11)7-5-3-4-6-9-7/h7,9H,2-6H2,1H3,(H,10,11)/t7-/m1/s1. The molecule has 0 radical (unpaired) electrons. The van der Waals surface area contributed by atoms with Crippen molar-refractivity contribution in [1.29, 1.82) is 0 Å². The minimum absolute atomic E-state index is 0.0449. The van der Waals surface area contributed by atoms with Gasteiger partial charge in [-0.2, -0.15) is 0 Å². The van der Waals surface area contributed by atoms with Gasteiger partial charge in [0.1, 0.15) is 0 Å². The van der Waals surface area contributed by atoms with Gasteiger partial charge in [0.15, 0.2) is 0 Å². The summed E-state index contributed by atoms with van der Waals surface area (Å²) in [5.41, 5.74) is 2.40. The van der Waals surface area contributed by atoms with E-state index in [9.17, 15) is 4.79 Å². The first-order valence-corrected chi connectivity index (χ1v) is 4.49. The number of hydroxylamine groups is 1. The van der Waals surface area contributed by atoms with Crippen molar-refractivity contribution in [3.8, 4) is 0 Å². The van der Waals surface area contributed by atoms with Crippen LogP contribution in [0.15, 0.2) is 0 Å². The molecule has 1 saturated heterocycles. The average molecular weight is 172 g/mol. The Balaban J connectivity index is 2.20. The third kappa shape index (κ3) is 2.79. The SMILES string of the molecule is CCONC(=O)[C@H]1CCCCN1. The van der Waals surface area contributed by atoms with Crippen LogP contribution < -0.4 is 10.8 Å². The molecule has 0 aliphatic carbocycles. The molecule has 1 heterocycles. The Hall–Kier alpha value is -0.610. The van der Waals surface area contributed by atoms with E-state index in [0.717, 1.165) is 19.4 Å². The molecule has 2 N–H and O–H groups in total. The summed E-state index contributed by atoms with van der Waals surface area (Å²) in [7, 11) is 0. The Morgan fingerprint density at radius 3 is 3.08 bits per heavy atom. The molecular weight excluding hydrogens is 156 g/mol. The van der Waals surface area contributed by atoms with Crippen molar-refractivity contribution >= 4 is 5.91 Å². The highest BCUT2D eigenvalue weighted by Gasteiger charge is 2.19. The Bertz CT molecular complexity index is 144. The van der Waals surface area contributed by atoms with E-state index in [2.05, 4.69) is 10.8 Å². The summed E-state index contributed by atoms with van der Waals surface area (Å²) in [4.78, 5) is 16.1. The van der Waals surface area contributed by atoms with Crippen LogP contribution in [0.1, 0.15) is 26.2 Å². The van der Waals surface area contributed by atoms with Crippen LogP contribution in [0.3, 0.4) is 0 Å². The smallest absolute Gasteiger partial charge is 0.260 e. The van der Waals surface area contributed by atoms with Crippen molar-refractivity contribution in [2.75, 3.05) is 13.2 Å². The summed E-state index contributed by atoms with van der Waals surface area (Å²) in [5, 5.41) is 3.14. The molecule has 4 nitrogen and oxygen atoms in total. The number of rotatable bonds is 3. The van der Waals surface area contributed by atoms with E-state index in [1.807, 2.05) is 6.92 Å². The second-order valence-corrected chi connectivity index (χ2v) is 2.90. The van der Waals surface area contributed by atoms with Crippen molar-refractivity contribution in [2.24, 2.45) is 0 Å². The lowest BCUT2D eigenvalue weighted by Gasteiger charge is -2.21. The molecule has 0 aromatic heterocycles. The third-order valence-corrected chi connectivity index (χ3v) is 1.94. The fourth-order valence-corrected chi connectivity index (χ4v) is 1.29. The lowest BCUT2D eigenvalue weighted by atomic mass is 10.1. The van der Waals surface area contributed by atoms with Gasteiger partial charge in [-0.15, -0.1) is 0 Å². The van der Waals surface area contributed by atoms with Gasteiger partial charge in [-0.05, 0) is 26.3 Å². The van der Waals surface area contributed by atoms with E-state index in [1.54, 1.807) is 0 Å². The molecule has 0 bridgehead atoms. The summed E-state index contributed by atoms with van der Waals surface area (Å²) in [6, 6.07) is -0.0506. The van der Waals surface area contributed by atoms with Crippen LogP contribution in [0.4, 0.5) is 0 Å². The van der Waals surface area contributed by atoms with Gasteiger partial charge >= 0.3 is 0 Å². The van der Waals surface area contributed by atoms with Gasteiger partial charge in [0.25, 0.3) is 5.91 Å². The molecule has 1 fully saturated rings. The van der Waals surface area contributed by atoms with E-state index in [0.29, 0.717) is 6.61 Å². The van der Waals surface area contributed by atoms with E-state index in [4.69, 9.17) is 4.84 Å². The van der Waals surface area contributed by atoms with Gasteiger partial charge < -0.3 is 5.32 Å². The highest BCUT2D eigenvalue weighted by molar-refractivity contribution is 5.80. The van der Waals surface area contributed by atoms with Gasteiger partial charge in [-0.1, -0.05) is 6.42 Å². The van der Waals surface area contributed by atoms with Crippen LogP contribution in [-0.2, 0) is 9.63 Å². The third-order valence-electron chi connectivity index (χ3n) is 1.94. The molecule has 1 aliphatic heterocycles. The van der Waals surface area contributed by atoms with Crippen molar-refractivity contribution in [2.45, 2.75) is 32.2 Å². The highest BCUT2D eigenvalue weighted by atomic mass is 16.6. The Morgan fingerprint density at radius 2 is 2.50 bits per heavy atom. The minimum atomic E-state index is -0.0506. The van der Waals surface area contributed by atoms with Gasteiger partial charge in [0, 0.05) is 0 Å². The first-order valence-electron chi connectivity index (χ1n) is 4.49. The van der Waals surface area contributed by atoms with Crippen LogP contribution in [0.5, 0.6) is 0 Å². The zero-order chi connectivity index (χ0) is 8.81. The summed E-state index contributed by atoms with van der Waals surface area (Å²) >= 11 is 0. The van der Waals surface area contributed by atoms with Crippen LogP contribution in [0, 0.1) is 0 Å². The molecule has 1 rings (SSSR count). The zero-order valence-corrected chi connectivity index (χ0v) is 7.43. The fraction of sp³-hybridized carbons (Fsp3) is 0.875. The predicted octanol–water partition coefficient (Wildman–Crippen LogP) is 0.196. The van der Waals surface area contributed by atoms with Crippen molar-refractivity contribution in [3.63, 3.8) is 0 Å². The molecular formula is C8H16N2O2. The van der Waals surface area contributed by atoms with E-state index < -0.39 is 0 Å². The molecule has 4 heteroatoms. The highest BCUT2D eigenvalue weighted by Crippen LogP contribution is 2.06. The van der Waals surface area contributed by atoms with Crippen LogP contribution >= 0.6 is 0 Å². The average Bonchev–Trinajstić information content (AvgIpc) is 2.15. The van der Waals surface area contributed by atoms with E-state index in [1.165, 1.54) is 6.42 Å². The monoisotopic (exact) mass is 172 g/mol. The molecule has 1 amide bonds. The topological polar surface area (TPSA) is 50.4 Å². The number of carbonyl (C=O) groups excluding carboxylic acids is 1. The molecule has 0 aromatic carbocycles. The molecule has 0 aromatic rings. The van der Waals surface area contributed by atoms with Crippen molar-refractivity contribution in [3.05, 3.63) is 0 Å². The zero-order valence-electron chi connectivity index (χ0n) is 7.43. The molecule has 0 spiro atoms. The largest absolute Gasteiger partial charge is 0.306 e. The number of nitrogens with one attached hydrogen (secondary N) is 2. The summed E-state index contributed by atoms with van der Waals surface area (Å²) in [6.07, 6.45) is 3.20. The second kappa shape index (κ2) is 5.11. The molecule has 1 aliphatic rings. The number of hydrogen-bond acceptors (Lipinski definition) is 3. The van der Waals surface area contributed by atoms with Gasteiger partial charge in [0.05, 0.1) is 12.6 Å². The second-order valence-electron chi connectivity index (χ2n) is 2.90. The van der Waals surface area contributed by atoms with Gasteiger partial charge in [0.2, 0.25) is 0 Å². The van der Waals surface area contributed by atoms with Gasteiger partial charge in [-0.3, -0.25) is 9.63 Å². The maximum Gasteiger partial charge on any atom is 0.260 e. The van der Waals surface area contributed by atoms with Gasteiger partial charge in [-0.25, -0.2) is 5.48 Å². The predicted molar refractivity (Wildman–Crippen MR) is 45.4 cm³/mol. The normalized spacial score (nSPS) is 23.6.